The van der Waals surface area contributed by atoms with Crippen molar-refractivity contribution in [3.8, 4) is 17.1 Å². The van der Waals surface area contributed by atoms with E-state index in [1.54, 1.807) is 24.3 Å². The summed E-state index contributed by atoms with van der Waals surface area (Å²) in [4.78, 5) is 11.4. The molecule has 1 atom stereocenters. The van der Waals surface area contributed by atoms with Crippen molar-refractivity contribution in [3.63, 3.8) is 0 Å². The molecule has 0 spiro atoms. The summed E-state index contributed by atoms with van der Waals surface area (Å²) in [6.07, 6.45) is -1.03. The number of nitrogens with zero attached hydrogens (tertiary/aromatic N) is 1. The lowest BCUT2D eigenvalue weighted by atomic mass is 10.1. The van der Waals surface area contributed by atoms with E-state index in [1.807, 2.05) is 0 Å². The molecule has 0 aliphatic heterocycles. The van der Waals surface area contributed by atoms with Gasteiger partial charge >= 0.3 is 5.97 Å². The molecule has 22 heavy (non-hydrogen) atoms. The van der Waals surface area contributed by atoms with Crippen molar-refractivity contribution in [2.75, 3.05) is 25.6 Å². The first kappa shape index (κ1) is 15.8. The quantitative estimate of drug-likeness (QED) is 0.592. The molecule has 0 amide bonds. The van der Waals surface area contributed by atoms with Crippen molar-refractivity contribution in [1.82, 2.24) is 5.16 Å². The monoisotopic (exact) mass is 308 g/mol. The van der Waals surface area contributed by atoms with Gasteiger partial charge in [0.2, 0.25) is 0 Å². The van der Waals surface area contributed by atoms with Gasteiger partial charge in [-0.05, 0) is 24.3 Å². The number of aromatic carboxylic acids is 1. The second-order valence-electron chi connectivity index (χ2n) is 4.49. The average Bonchev–Trinajstić information content (AvgIpc) is 2.96. The molecule has 118 valence electrons. The first-order valence-electron chi connectivity index (χ1n) is 6.47. The lowest BCUT2D eigenvalue weighted by molar-refractivity contribution is 0.0697. The lowest BCUT2D eigenvalue weighted by Gasteiger charge is -2.08. The van der Waals surface area contributed by atoms with E-state index < -0.39 is 18.7 Å². The second-order valence-corrected chi connectivity index (χ2v) is 4.49. The average molecular weight is 308 g/mol. The number of hydrogen-bond donors (Lipinski definition) is 4. The molecule has 0 saturated carbocycles. The molecule has 8 heteroatoms. The number of aliphatic hydroxyl groups is 2. The number of anilines is 1. The number of carbonyl (C=O) groups is 1. The summed E-state index contributed by atoms with van der Waals surface area (Å²) >= 11 is 0. The van der Waals surface area contributed by atoms with Crippen LogP contribution in [0.25, 0.3) is 11.3 Å². The van der Waals surface area contributed by atoms with Crippen LogP contribution in [0.15, 0.2) is 28.8 Å². The van der Waals surface area contributed by atoms with Crippen LogP contribution in [0.4, 0.5) is 5.82 Å². The number of carboxylic acid groups (broad SMARTS) is 1. The number of hydrogen-bond acceptors (Lipinski definition) is 7. The first-order valence-corrected chi connectivity index (χ1v) is 6.47. The highest BCUT2D eigenvalue weighted by molar-refractivity contribution is 5.99. The lowest BCUT2D eigenvalue weighted by Crippen LogP contribution is -2.23. The summed E-state index contributed by atoms with van der Waals surface area (Å²) in [5.74, 6) is -0.500. The fourth-order valence-electron chi connectivity index (χ4n) is 1.83. The van der Waals surface area contributed by atoms with E-state index in [2.05, 4.69) is 10.5 Å². The van der Waals surface area contributed by atoms with Crippen LogP contribution in [0.5, 0.6) is 5.75 Å². The van der Waals surface area contributed by atoms with Gasteiger partial charge < -0.3 is 29.9 Å². The molecule has 2 rings (SSSR count). The smallest absolute Gasteiger partial charge is 0.343 e. The molecular formula is C14H16N2O6. The summed E-state index contributed by atoms with van der Waals surface area (Å²) in [6.45, 7) is -0.496. The van der Waals surface area contributed by atoms with Crippen LogP contribution in [0.3, 0.4) is 0 Å². The summed E-state index contributed by atoms with van der Waals surface area (Å²) in [5, 5.41) is 33.7. The molecule has 1 aromatic heterocycles. The Balaban J connectivity index is 2.31. The standard InChI is InChI=1S/C14H16N2O6/c1-21-10-4-2-8(3-5-10)12-11(14(19)20)13(16-22-12)15-6-9(18)7-17/h2-5,9,17-18H,6-7H2,1H3,(H,15,16)(H,19,20)/t9-/m1/s1. The van der Waals surface area contributed by atoms with E-state index in [-0.39, 0.29) is 23.7 Å². The summed E-state index contributed by atoms with van der Waals surface area (Å²) in [7, 11) is 1.53. The fraction of sp³-hybridized carbons (Fsp3) is 0.286. The van der Waals surface area contributed by atoms with Gasteiger partial charge in [0.15, 0.2) is 17.1 Å². The van der Waals surface area contributed by atoms with E-state index in [0.29, 0.717) is 11.3 Å². The number of benzene rings is 1. The fourth-order valence-corrected chi connectivity index (χ4v) is 1.83. The van der Waals surface area contributed by atoms with Crippen molar-refractivity contribution >= 4 is 11.8 Å². The van der Waals surface area contributed by atoms with E-state index in [9.17, 15) is 15.0 Å². The molecule has 0 fully saturated rings. The van der Waals surface area contributed by atoms with Crippen LogP contribution >= 0.6 is 0 Å². The Hall–Kier alpha value is -2.58. The molecule has 8 nitrogen and oxygen atoms in total. The molecule has 0 aliphatic carbocycles. The number of aromatic nitrogens is 1. The Morgan fingerprint density at radius 1 is 1.41 bits per heavy atom. The third-order valence-corrected chi connectivity index (χ3v) is 2.97. The van der Waals surface area contributed by atoms with Crippen LogP contribution in [0, 0.1) is 0 Å². The van der Waals surface area contributed by atoms with Crippen LogP contribution in [0.2, 0.25) is 0 Å². The van der Waals surface area contributed by atoms with Crippen LogP contribution in [-0.4, -0.2) is 52.8 Å². The third-order valence-electron chi connectivity index (χ3n) is 2.97. The highest BCUT2D eigenvalue weighted by atomic mass is 16.5. The number of aliphatic hydroxyl groups excluding tert-OH is 2. The minimum absolute atomic E-state index is 0.00850. The molecular weight excluding hydrogens is 292 g/mol. The number of methoxy groups -OCH3 is 1. The molecule has 2 aromatic rings. The van der Waals surface area contributed by atoms with Crippen molar-refractivity contribution < 1.29 is 29.4 Å². The topological polar surface area (TPSA) is 125 Å². The summed E-state index contributed by atoms with van der Waals surface area (Å²) < 4.78 is 10.1. The number of ether oxygens (including phenoxy) is 1. The molecule has 4 N–H and O–H groups in total. The molecule has 1 heterocycles. The summed E-state index contributed by atoms with van der Waals surface area (Å²) in [5.41, 5.74) is 0.386. The van der Waals surface area contributed by atoms with Crippen LogP contribution in [0.1, 0.15) is 10.4 Å². The molecule has 0 bridgehead atoms. The van der Waals surface area contributed by atoms with Gasteiger partial charge in [0.25, 0.3) is 0 Å². The van der Waals surface area contributed by atoms with E-state index in [1.165, 1.54) is 7.11 Å². The Labute approximate surface area is 125 Å². The second kappa shape index (κ2) is 6.92. The van der Waals surface area contributed by atoms with Crippen molar-refractivity contribution in [2.24, 2.45) is 0 Å². The first-order chi connectivity index (χ1) is 10.6. The van der Waals surface area contributed by atoms with Gasteiger partial charge in [-0.3, -0.25) is 0 Å². The Bertz CT molecular complexity index is 637. The van der Waals surface area contributed by atoms with E-state index in [4.69, 9.17) is 14.4 Å². The molecule has 0 aliphatic rings. The Kier molecular flexibility index (Phi) is 4.97. The maximum absolute atomic E-state index is 11.4. The van der Waals surface area contributed by atoms with Gasteiger partial charge in [0.05, 0.1) is 19.8 Å². The van der Waals surface area contributed by atoms with Crippen LogP contribution in [-0.2, 0) is 0 Å². The number of carboxylic acids is 1. The summed E-state index contributed by atoms with van der Waals surface area (Å²) in [6, 6.07) is 6.65. The maximum atomic E-state index is 11.4. The van der Waals surface area contributed by atoms with Gasteiger partial charge in [-0.15, -0.1) is 0 Å². The van der Waals surface area contributed by atoms with E-state index in [0.717, 1.165) is 0 Å². The van der Waals surface area contributed by atoms with Crippen LogP contribution < -0.4 is 10.1 Å². The van der Waals surface area contributed by atoms with Crippen molar-refractivity contribution in [1.29, 1.82) is 0 Å². The van der Waals surface area contributed by atoms with Gasteiger partial charge in [-0.2, -0.15) is 0 Å². The molecule has 0 radical (unpaired) electrons. The predicted molar refractivity (Wildman–Crippen MR) is 77.0 cm³/mol. The Morgan fingerprint density at radius 2 is 2.09 bits per heavy atom. The maximum Gasteiger partial charge on any atom is 0.343 e. The normalized spacial score (nSPS) is 12.0. The zero-order valence-electron chi connectivity index (χ0n) is 11.8. The SMILES string of the molecule is COc1ccc(-c2onc(NC[C@@H](O)CO)c2C(=O)O)cc1. The van der Waals surface area contributed by atoms with Crippen molar-refractivity contribution in [3.05, 3.63) is 29.8 Å². The van der Waals surface area contributed by atoms with Gasteiger partial charge in [0.1, 0.15) is 5.75 Å². The molecule has 0 unspecified atom stereocenters. The number of rotatable bonds is 7. The zero-order chi connectivity index (χ0) is 16.1. The van der Waals surface area contributed by atoms with E-state index >= 15 is 0 Å². The largest absolute Gasteiger partial charge is 0.497 e. The van der Waals surface area contributed by atoms with Gasteiger partial charge in [0, 0.05) is 12.1 Å². The third kappa shape index (κ3) is 3.35. The molecule has 0 saturated heterocycles. The highest BCUT2D eigenvalue weighted by Crippen LogP contribution is 2.30. The Morgan fingerprint density at radius 3 is 2.64 bits per heavy atom. The zero-order valence-corrected chi connectivity index (χ0v) is 11.8. The van der Waals surface area contributed by atoms with Gasteiger partial charge in [-0.25, -0.2) is 4.79 Å². The minimum Gasteiger partial charge on any atom is -0.497 e. The highest BCUT2D eigenvalue weighted by Gasteiger charge is 2.24. The minimum atomic E-state index is -1.21. The predicted octanol–water partition coefficient (Wildman–Crippen LogP) is 0.813. The van der Waals surface area contributed by atoms with Crippen molar-refractivity contribution in [2.45, 2.75) is 6.10 Å². The van der Waals surface area contributed by atoms with Gasteiger partial charge in [-0.1, -0.05) is 5.16 Å². The number of nitrogens with one attached hydrogen (secondary N) is 1. The molecule has 1 aromatic carbocycles.